The molecule has 0 saturated heterocycles. The van der Waals surface area contributed by atoms with E-state index in [9.17, 15) is 26.4 Å². The summed E-state index contributed by atoms with van der Waals surface area (Å²) in [6.45, 7) is 0. The first-order valence-electron chi connectivity index (χ1n) is 9.88. The Bertz CT molecular complexity index is 1490. The first-order chi connectivity index (χ1) is 16.1. The van der Waals surface area contributed by atoms with E-state index in [-0.39, 0.29) is 6.42 Å². The van der Waals surface area contributed by atoms with Gasteiger partial charge in [0.2, 0.25) is 0 Å². The third-order valence-corrected chi connectivity index (χ3v) is 6.06. The van der Waals surface area contributed by atoms with Crippen LogP contribution in [0.5, 0.6) is 11.5 Å². The van der Waals surface area contributed by atoms with Crippen LogP contribution in [-0.2, 0) is 16.5 Å². The second-order valence-corrected chi connectivity index (χ2v) is 8.81. The van der Waals surface area contributed by atoms with Gasteiger partial charge in [0.15, 0.2) is 0 Å². The Morgan fingerprint density at radius 3 is 2.18 bits per heavy atom. The lowest BCUT2D eigenvalue weighted by Gasteiger charge is -2.13. The molecule has 6 nitrogen and oxygen atoms in total. The van der Waals surface area contributed by atoms with E-state index in [1.807, 2.05) is 6.07 Å². The molecule has 4 aromatic rings. The summed E-state index contributed by atoms with van der Waals surface area (Å²) in [7, 11) is -4.28. The lowest BCUT2D eigenvalue weighted by molar-refractivity contribution is -0.0500. The standard InChI is InChI=1S/C24H17F3O6S/c1-31-18-11-12-19-20(22(16-5-3-2-4-6-16)23(28)32-21(19)14-18)13-15-7-9-17(10-8-15)33-34(29,30)24(25,26)27/h2-12,14H,13H2,1H3. The molecule has 0 unspecified atom stereocenters. The summed E-state index contributed by atoms with van der Waals surface area (Å²) in [4.78, 5) is 12.9. The highest BCUT2D eigenvalue weighted by atomic mass is 32.2. The van der Waals surface area contributed by atoms with Crippen LogP contribution in [0.1, 0.15) is 11.1 Å². The Kier molecular flexibility index (Phi) is 6.09. The maximum atomic E-state index is 12.9. The zero-order valence-electron chi connectivity index (χ0n) is 17.6. The minimum atomic E-state index is -5.77. The van der Waals surface area contributed by atoms with E-state index in [1.54, 1.807) is 42.5 Å². The summed E-state index contributed by atoms with van der Waals surface area (Å²) in [5.74, 6) is 0.0213. The van der Waals surface area contributed by atoms with E-state index in [1.165, 1.54) is 19.2 Å². The molecular weight excluding hydrogens is 473 g/mol. The van der Waals surface area contributed by atoms with Gasteiger partial charge >= 0.3 is 21.3 Å². The van der Waals surface area contributed by atoms with Crippen molar-refractivity contribution < 1.29 is 34.9 Å². The van der Waals surface area contributed by atoms with Crippen LogP contribution in [0.4, 0.5) is 13.2 Å². The van der Waals surface area contributed by atoms with Crippen molar-refractivity contribution in [3.05, 3.63) is 94.3 Å². The van der Waals surface area contributed by atoms with Crippen molar-refractivity contribution in [1.29, 1.82) is 0 Å². The normalized spacial score (nSPS) is 12.0. The van der Waals surface area contributed by atoms with Gasteiger partial charge in [-0.3, -0.25) is 0 Å². The summed E-state index contributed by atoms with van der Waals surface area (Å²) >= 11 is 0. The van der Waals surface area contributed by atoms with Gasteiger partial charge < -0.3 is 13.3 Å². The van der Waals surface area contributed by atoms with Crippen molar-refractivity contribution in [2.45, 2.75) is 11.9 Å². The molecule has 0 fully saturated rings. The van der Waals surface area contributed by atoms with Crippen molar-refractivity contribution in [2.24, 2.45) is 0 Å². The third kappa shape index (κ3) is 4.62. The summed E-state index contributed by atoms with van der Waals surface area (Å²) in [5, 5.41) is 0.652. The van der Waals surface area contributed by atoms with Crippen LogP contribution < -0.4 is 14.5 Å². The van der Waals surface area contributed by atoms with Gasteiger partial charge in [-0.1, -0.05) is 42.5 Å². The molecule has 176 valence electrons. The largest absolute Gasteiger partial charge is 0.534 e. The first-order valence-corrected chi connectivity index (χ1v) is 11.3. The van der Waals surface area contributed by atoms with Crippen LogP contribution in [0.25, 0.3) is 22.1 Å². The Hall–Kier alpha value is -3.79. The van der Waals surface area contributed by atoms with E-state index in [0.717, 1.165) is 12.1 Å². The molecule has 0 saturated carbocycles. The Morgan fingerprint density at radius 1 is 0.912 bits per heavy atom. The molecule has 0 radical (unpaired) electrons. The fourth-order valence-corrected chi connectivity index (χ4v) is 3.95. The van der Waals surface area contributed by atoms with E-state index >= 15 is 0 Å². The molecule has 34 heavy (non-hydrogen) atoms. The SMILES string of the molecule is COc1ccc2c(Cc3ccc(OS(=O)(=O)C(F)(F)F)cc3)c(-c3ccccc3)c(=O)oc2c1. The predicted octanol–water partition coefficient (Wildman–Crippen LogP) is 5.29. The minimum absolute atomic E-state index is 0.213. The highest BCUT2D eigenvalue weighted by Crippen LogP contribution is 2.32. The average Bonchev–Trinajstić information content (AvgIpc) is 2.79. The van der Waals surface area contributed by atoms with Crippen LogP contribution in [0, 0.1) is 0 Å². The van der Waals surface area contributed by atoms with Crippen LogP contribution in [-0.4, -0.2) is 21.0 Å². The molecule has 0 aliphatic heterocycles. The predicted molar refractivity (Wildman–Crippen MR) is 119 cm³/mol. The maximum Gasteiger partial charge on any atom is 0.534 e. The zero-order valence-corrected chi connectivity index (χ0v) is 18.4. The van der Waals surface area contributed by atoms with Crippen LogP contribution in [0.15, 0.2) is 82.0 Å². The molecule has 0 aliphatic carbocycles. The molecule has 0 bridgehead atoms. The molecule has 3 aromatic carbocycles. The molecule has 0 N–H and O–H groups in total. The van der Waals surface area contributed by atoms with E-state index in [2.05, 4.69) is 4.18 Å². The highest BCUT2D eigenvalue weighted by molar-refractivity contribution is 7.88. The first kappa shape index (κ1) is 23.4. The average molecular weight is 490 g/mol. The Morgan fingerprint density at radius 2 is 1.56 bits per heavy atom. The van der Waals surface area contributed by atoms with E-state index in [4.69, 9.17) is 9.15 Å². The van der Waals surface area contributed by atoms with Crippen molar-refractivity contribution in [3.63, 3.8) is 0 Å². The van der Waals surface area contributed by atoms with Gasteiger partial charge in [0.05, 0.1) is 12.7 Å². The number of rotatable bonds is 6. The van der Waals surface area contributed by atoms with Crippen molar-refractivity contribution in [3.8, 4) is 22.6 Å². The van der Waals surface area contributed by atoms with E-state index in [0.29, 0.717) is 39.0 Å². The van der Waals surface area contributed by atoms with Crippen LogP contribution in [0.3, 0.4) is 0 Å². The quantitative estimate of drug-likeness (QED) is 0.208. The molecule has 0 aliphatic rings. The van der Waals surface area contributed by atoms with Gasteiger partial charge in [0.25, 0.3) is 0 Å². The number of hydrogen-bond donors (Lipinski definition) is 0. The fraction of sp³-hybridized carbons (Fsp3) is 0.125. The molecule has 10 heteroatoms. The highest BCUT2D eigenvalue weighted by Gasteiger charge is 2.48. The number of fused-ring (bicyclic) bond motifs is 1. The molecule has 0 spiro atoms. The number of alkyl halides is 3. The van der Waals surface area contributed by atoms with Gasteiger partial charge in [0, 0.05) is 11.5 Å². The molecule has 0 amide bonds. The molecule has 1 heterocycles. The molecule has 4 rings (SSSR count). The second-order valence-electron chi connectivity index (χ2n) is 7.28. The van der Waals surface area contributed by atoms with Crippen molar-refractivity contribution in [2.75, 3.05) is 7.11 Å². The van der Waals surface area contributed by atoms with Crippen LogP contribution in [0.2, 0.25) is 0 Å². The van der Waals surface area contributed by atoms with Gasteiger partial charge in [0.1, 0.15) is 17.1 Å². The fourth-order valence-electron chi connectivity index (χ4n) is 3.49. The van der Waals surface area contributed by atoms with E-state index < -0.39 is 27.0 Å². The summed E-state index contributed by atoms with van der Waals surface area (Å²) in [5.41, 5.74) is -3.55. The Balaban J connectivity index is 1.78. The third-order valence-electron chi connectivity index (χ3n) is 5.08. The number of hydrogen-bond acceptors (Lipinski definition) is 6. The number of benzene rings is 3. The summed E-state index contributed by atoms with van der Waals surface area (Å²) in [6.07, 6.45) is 0.213. The smallest absolute Gasteiger partial charge is 0.497 e. The Labute approximate surface area is 192 Å². The lowest BCUT2D eigenvalue weighted by Crippen LogP contribution is -2.28. The van der Waals surface area contributed by atoms with Gasteiger partial charge in [-0.2, -0.15) is 21.6 Å². The minimum Gasteiger partial charge on any atom is -0.497 e. The number of methoxy groups -OCH3 is 1. The van der Waals surface area contributed by atoms with Crippen LogP contribution >= 0.6 is 0 Å². The van der Waals surface area contributed by atoms with Gasteiger partial charge in [-0.25, -0.2) is 4.79 Å². The monoisotopic (exact) mass is 490 g/mol. The summed E-state index contributed by atoms with van der Waals surface area (Å²) in [6, 6.07) is 19.1. The van der Waals surface area contributed by atoms with Crippen molar-refractivity contribution >= 4 is 21.1 Å². The molecular formula is C24H17F3O6S. The van der Waals surface area contributed by atoms with Gasteiger partial charge in [-0.05, 0) is 47.4 Å². The second kappa shape index (κ2) is 8.86. The topological polar surface area (TPSA) is 82.8 Å². The molecule has 1 aromatic heterocycles. The lowest BCUT2D eigenvalue weighted by atomic mass is 9.93. The molecule has 0 atom stereocenters. The summed E-state index contributed by atoms with van der Waals surface area (Å²) < 4.78 is 75.1. The number of halogens is 3. The maximum absolute atomic E-state index is 12.9. The number of ether oxygens (including phenoxy) is 1. The zero-order chi connectivity index (χ0) is 24.5. The van der Waals surface area contributed by atoms with Gasteiger partial charge in [-0.15, -0.1) is 0 Å². The van der Waals surface area contributed by atoms with Crippen molar-refractivity contribution in [1.82, 2.24) is 0 Å².